The highest BCUT2D eigenvalue weighted by molar-refractivity contribution is 6.21. The molecular weight excluding hydrogens is 340 g/mol. The van der Waals surface area contributed by atoms with Crippen LogP contribution in [0.5, 0.6) is 0 Å². The molecule has 0 aromatic heterocycles. The Hall–Kier alpha value is -2.50. The predicted octanol–water partition coefficient (Wildman–Crippen LogP) is 2.73. The van der Waals surface area contributed by atoms with E-state index in [1.807, 2.05) is 30.3 Å². The Labute approximate surface area is 159 Å². The lowest BCUT2D eigenvalue weighted by molar-refractivity contribution is 0.0512. The minimum Gasteiger partial charge on any atom is -0.388 e. The van der Waals surface area contributed by atoms with Gasteiger partial charge in [-0.3, -0.25) is 14.5 Å². The summed E-state index contributed by atoms with van der Waals surface area (Å²) in [6.07, 6.45) is 1.40. The van der Waals surface area contributed by atoms with Gasteiger partial charge < -0.3 is 10.0 Å². The molecule has 1 N–H and O–H groups in total. The molecular formula is C22H24N2O3. The summed E-state index contributed by atoms with van der Waals surface area (Å²) in [6.45, 7) is 2.84. The van der Waals surface area contributed by atoms with Gasteiger partial charge >= 0.3 is 0 Å². The quantitative estimate of drug-likeness (QED) is 0.829. The lowest BCUT2D eigenvalue weighted by Crippen LogP contribution is -2.42. The number of benzene rings is 2. The van der Waals surface area contributed by atoms with E-state index < -0.39 is 6.10 Å². The van der Waals surface area contributed by atoms with Crippen LogP contribution in [0.25, 0.3) is 0 Å². The number of piperidine rings is 1. The van der Waals surface area contributed by atoms with Crippen molar-refractivity contribution in [2.24, 2.45) is 5.92 Å². The molecule has 0 bridgehead atoms. The lowest BCUT2D eigenvalue weighted by atomic mass is 9.87. The molecule has 27 heavy (non-hydrogen) atoms. The van der Waals surface area contributed by atoms with Gasteiger partial charge in [-0.25, -0.2) is 0 Å². The average Bonchev–Trinajstić information content (AvgIpc) is 2.97. The molecule has 5 heteroatoms. The molecule has 1 saturated heterocycles. The van der Waals surface area contributed by atoms with Crippen LogP contribution in [0.4, 0.5) is 0 Å². The van der Waals surface area contributed by atoms with E-state index in [0.717, 1.165) is 31.5 Å². The number of hydrogen-bond acceptors (Lipinski definition) is 4. The van der Waals surface area contributed by atoms with Gasteiger partial charge in [-0.1, -0.05) is 42.5 Å². The molecule has 0 spiro atoms. The fourth-order valence-electron chi connectivity index (χ4n) is 4.10. The van der Waals surface area contributed by atoms with Crippen molar-refractivity contribution in [1.82, 2.24) is 9.80 Å². The maximum absolute atomic E-state index is 12.4. The number of carbonyl (C=O) groups excluding carboxylic acids is 2. The van der Waals surface area contributed by atoms with Crippen molar-refractivity contribution in [1.29, 1.82) is 0 Å². The predicted molar refractivity (Wildman–Crippen MR) is 102 cm³/mol. The molecule has 0 saturated carbocycles. The number of aliphatic hydroxyl groups is 1. The van der Waals surface area contributed by atoms with E-state index in [1.165, 1.54) is 4.90 Å². The average molecular weight is 364 g/mol. The molecule has 4 rings (SSSR count). The first-order valence-corrected chi connectivity index (χ1v) is 9.56. The van der Waals surface area contributed by atoms with E-state index in [-0.39, 0.29) is 17.7 Å². The third-order valence-corrected chi connectivity index (χ3v) is 5.74. The summed E-state index contributed by atoms with van der Waals surface area (Å²) < 4.78 is 0. The number of carbonyl (C=O) groups is 2. The van der Waals surface area contributed by atoms with Crippen molar-refractivity contribution in [3.8, 4) is 0 Å². The second kappa shape index (κ2) is 7.62. The zero-order valence-electron chi connectivity index (χ0n) is 15.3. The largest absolute Gasteiger partial charge is 0.388 e. The van der Waals surface area contributed by atoms with E-state index in [2.05, 4.69) is 4.90 Å². The monoisotopic (exact) mass is 364 g/mol. The molecule has 5 nitrogen and oxygen atoms in total. The van der Waals surface area contributed by atoms with Gasteiger partial charge in [0, 0.05) is 13.1 Å². The van der Waals surface area contributed by atoms with Crippen molar-refractivity contribution < 1.29 is 14.7 Å². The number of likely N-dealkylation sites (tertiary alicyclic amines) is 1. The topological polar surface area (TPSA) is 60.9 Å². The molecule has 2 aliphatic rings. The fraction of sp³-hybridized carbons (Fsp3) is 0.364. The van der Waals surface area contributed by atoms with E-state index in [1.54, 1.807) is 24.3 Å². The fourth-order valence-corrected chi connectivity index (χ4v) is 4.10. The molecule has 2 aromatic carbocycles. The van der Waals surface area contributed by atoms with Crippen LogP contribution in [-0.4, -0.2) is 52.9 Å². The third kappa shape index (κ3) is 3.53. The number of imide groups is 1. The molecule has 2 amide bonds. The van der Waals surface area contributed by atoms with Gasteiger partial charge in [0.25, 0.3) is 11.8 Å². The maximum Gasteiger partial charge on any atom is 0.261 e. The van der Waals surface area contributed by atoms with Crippen LogP contribution in [0, 0.1) is 5.92 Å². The Morgan fingerprint density at radius 1 is 0.852 bits per heavy atom. The van der Waals surface area contributed by atoms with Crippen LogP contribution in [0.3, 0.4) is 0 Å². The summed E-state index contributed by atoms with van der Waals surface area (Å²) in [7, 11) is 0. The summed E-state index contributed by atoms with van der Waals surface area (Å²) in [4.78, 5) is 28.5. The van der Waals surface area contributed by atoms with E-state index in [4.69, 9.17) is 0 Å². The highest BCUT2D eigenvalue weighted by Gasteiger charge is 2.35. The number of amides is 2. The molecule has 0 aliphatic carbocycles. The van der Waals surface area contributed by atoms with Crippen molar-refractivity contribution in [2.75, 3.05) is 26.2 Å². The number of hydrogen-bond donors (Lipinski definition) is 1. The number of aliphatic hydroxyl groups excluding tert-OH is 1. The molecule has 2 heterocycles. The van der Waals surface area contributed by atoms with E-state index >= 15 is 0 Å². The third-order valence-electron chi connectivity index (χ3n) is 5.74. The molecule has 2 aromatic rings. The van der Waals surface area contributed by atoms with Gasteiger partial charge in [-0.05, 0) is 49.5 Å². The summed E-state index contributed by atoms with van der Waals surface area (Å²) in [5.74, 6) is -0.127. The first-order chi connectivity index (χ1) is 13.1. The van der Waals surface area contributed by atoms with Crippen molar-refractivity contribution in [3.05, 3.63) is 71.3 Å². The Bertz CT molecular complexity index is 793. The Morgan fingerprint density at radius 3 is 2.00 bits per heavy atom. The van der Waals surface area contributed by atoms with Gasteiger partial charge in [-0.2, -0.15) is 0 Å². The summed E-state index contributed by atoms with van der Waals surface area (Å²) in [5, 5.41) is 10.6. The first-order valence-electron chi connectivity index (χ1n) is 9.56. The second-order valence-electron chi connectivity index (χ2n) is 7.34. The zero-order valence-corrected chi connectivity index (χ0v) is 15.3. The minimum absolute atomic E-state index is 0.190. The summed E-state index contributed by atoms with van der Waals surface area (Å²) in [6, 6.07) is 16.8. The number of rotatable bonds is 5. The van der Waals surface area contributed by atoms with Crippen LogP contribution in [0.15, 0.2) is 54.6 Å². The Morgan fingerprint density at radius 2 is 1.41 bits per heavy atom. The summed E-state index contributed by atoms with van der Waals surface area (Å²) in [5.41, 5.74) is 1.99. The molecule has 1 fully saturated rings. The maximum atomic E-state index is 12.4. The van der Waals surface area contributed by atoms with Gasteiger partial charge in [0.05, 0.1) is 17.2 Å². The van der Waals surface area contributed by atoms with Gasteiger partial charge in [-0.15, -0.1) is 0 Å². The number of fused-ring (bicyclic) bond motifs is 1. The highest BCUT2D eigenvalue weighted by atomic mass is 16.3. The standard InChI is InChI=1S/C22H24N2O3/c25-20(16-6-2-1-3-7-16)17-10-12-23(13-11-17)14-15-24-21(26)18-8-4-5-9-19(18)22(24)27/h1-9,17,20,25H,10-15H2. The first kappa shape index (κ1) is 17.9. The minimum atomic E-state index is -0.426. The highest BCUT2D eigenvalue weighted by Crippen LogP contribution is 2.30. The SMILES string of the molecule is O=C1c2ccccc2C(=O)N1CCN1CCC(C(O)c2ccccc2)CC1. The van der Waals surface area contributed by atoms with Crippen LogP contribution in [0.2, 0.25) is 0 Å². The van der Waals surface area contributed by atoms with E-state index in [9.17, 15) is 14.7 Å². The second-order valence-corrected chi connectivity index (χ2v) is 7.34. The normalized spacial score (nSPS) is 19.4. The smallest absolute Gasteiger partial charge is 0.261 e. The van der Waals surface area contributed by atoms with Crippen molar-refractivity contribution in [2.45, 2.75) is 18.9 Å². The molecule has 1 atom stereocenters. The van der Waals surface area contributed by atoms with Crippen LogP contribution >= 0.6 is 0 Å². The zero-order chi connectivity index (χ0) is 18.8. The van der Waals surface area contributed by atoms with Crippen LogP contribution < -0.4 is 0 Å². The van der Waals surface area contributed by atoms with E-state index in [0.29, 0.717) is 24.2 Å². The van der Waals surface area contributed by atoms with Gasteiger partial charge in [0.2, 0.25) is 0 Å². The molecule has 140 valence electrons. The molecule has 1 unspecified atom stereocenters. The van der Waals surface area contributed by atoms with Gasteiger partial charge in [0.15, 0.2) is 0 Å². The summed E-state index contributed by atoms with van der Waals surface area (Å²) >= 11 is 0. The Balaban J connectivity index is 1.29. The molecule has 0 radical (unpaired) electrons. The molecule has 2 aliphatic heterocycles. The number of nitrogens with zero attached hydrogens (tertiary/aromatic N) is 2. The van der Waals surface area contributed by atoms with Crippen LogP contribution in [0.1, 0.15) is 45.2 Å². The van der Waals surface area contributed by atoms with Crippen molar-refractivity contribution in [3.63, 3.8) is 0 Å². The Kier molecular flexibility index (Phi) is 5.05. The van der Waals surface area contributed by atoms with Gasteiger partial charge in [0.1, 0.15) is 0 Å². The lowest BCUT2D eigenvalue weighted by Gasteiger charge is -2.34. The van der Waals surface area contributed by atoms with Crippen LogP contribution in [-0.2, 0) is 0 Å². The van der Waals surface area contributed by atoms with Crippen molar-refractivity contribution >= 4 is 11.8 Å².